The largest absolute Gasteiger partial charge is 0.462 e. The first-order chi connectivity index (χ1) is 12.4. The zero-order valence-electron chi connectivity index (χ0n) is 14.2. The van der Waals surface area contributed by atoms with E-state index in [0.29, 0.717) is 5.69 Å². The van der Waals surface area contributed by atoms with E-state index in [9.17, 15) is 19.7 Å². The smallest absolute Gasteiger partial charge is 0.338 e. The number of anilines is 1. The molecule has 2 rings (SSSR count). The Morgan fingerprint density at radius 3 is 2.54 bits per heavy atom. The predicted molar refractivity (Wildman–Crippen MR) is 97.6 cm³/mol. The van der Waals surface area contributed by atoms with Crippen LogP contribution in [0.15, 0.2) is 41.6 Å². The number of benzene rings is 1. The van der Waals surface area contributed by atoms with Crippen LogP contribution in [0.3, 0.4) is 0 Å². The van der Waals surface area contributed by atoms with E-state index in [-0.39, 0.29) is 23.4 Å². The maximum Gasteiger partial charge on any atom is 0.338 e. The van der Waals surface area contributed by atoms with Crippen LogP contribution >= 0.6 is 11.8 Å². The Morgan fingerprint density at radius 1 is 1.23 bits per heavy atom. The minimum absolute atomic E-state index is 0.0192. The zero-order chi connectivity index (χ0) is 19.1. The van der Waals surface area contributed by atoms with Gasteiger partial charge in [0.1, 0.15) is 0 Å². The quantitative estimate of drug-likeness (QED) is 0.341. The molecule has 0 saturated heterocycles. The number of amides is 1. The number of aromatic nitrogens is 1. The Kier molecular flexibility index (Phi) is 6.67. The number of hydrogen-bond donors (Lipinski definition) is 1. The van der Waals surface area contributed by atoms with E-state index in [2.05, 4.69) is 10.3 Å². The molecule has 0 bridgehead atoms. The number of nitro groups is 1. The normalized spacial score (nSPS) is 10.2. The summed E-state index contributed by atoms with van der Waals surface area (Å²) in [6.07, 6.45) is 1.50. The van der Waals surface area contributed by atoms with Gasteiger partial charge in [0.15, 0.2) is 0 Å². The lowest BCUT2D eigenvalue weighted by molar-refractivity contribution is -0.384. The van der Waals surface area contributed by atoms with Crippen molar-refractivity contribution in [2.45, 2.75) is 18.9 Å². The third kappa shape index (κ3) is 5.03. The summed E-state index contributed by atoms with van der Waals surface area (Å²) in [7, 11) is 0. The van der Waals surface area contributed by atoms with E-state index in [0.717, 1.165) is 22.9 Å². The molecule has 136 valence electrons. The van der Waals surface area contributed by atoms with Crippen LogP contribution in [-0.4, -0.2) is 34.1 Å². The summed E-state index contributed by atoms with van der Waals surface area (Å²) in [5.74, 6) is -0.437. The molecule has 1 heterocycles. The molecule has 1 amide bonds. The van der Waals surface area contributed by atoms with Crippen molar-refractivity contribution in [3.05, 3.63) is 57.8 Å². The predicted octanol–water partition coefficient (Wildman–Crippen LogP) is 3.53. The van der Waals surface area contributed by atoms with Crippen LogP contribution in [0.5, 0.6) is 0 Å². The number of carbonyl (C=O) groups is 2. The van der Waals surface area contributed by atoms with Gasteiger partial charge in [0, 0.05) is 17.7 Å². The Labute approximate surface area is 154 Å². The monoisotopic (exact) mass is 375 g/mol. The number of nitrogens with one attached hydrogen (secondary N) is 1. The molecule has 8 nitrogen and oxygen atoms in total. The molecule has 2 aromatic rings. The van der Waals surface area contributed by atoms with E-state index in [1.165, 1.54) is 12.3 Å². The van der Waals surface area contributed by atoms with Crippen LogP contribution < -0.4 is 5.32 Å². The molecule has 0 aliphatic rings. The third-order valence-electron chi connectivity index (χ3n) is 3.19. The SMILES string of the molecule is CCOC(=O)c1cc(C(=O)Nc2ccc(SCC)nc2)cc([N+](=O)[O-])c1. The highest BCUT2D eigenvalue weighted by Gasteiger charge is 2.19. The molecular weight excluding hydrogens is 358 g/mol. The fourth-order valence-electron chi connectivity index (χ4n) is 2.07. The van der Waals surface area contributed by atoms with E-state index in [4.69, 9.17) is 4.74 Å². The summed E-state index contributed by atoms with van der Waals surface area (Å²) in [5, 5.41) is 14.5. The Morgan fingerprint density at radius 2 is 1.96 bits per heavy atom. The summed E-state index contributed by atoms with van der Waals surface area (Å²) in [6, 6.07) is 6.89. The van der Waals surface area contributed by atoms with E-state index in [1.54, 1.807) is 30.8 Å². The lowest BCUT2D eigenvalue weighted by atomic mass is 10.1. The van der Waals surface area contributed by atoms with Gasteiger partial charge in [-0.05, 0) is 30.9 Å². The fraction of sp³-hybridized carbons (Fsp3) is 0.235. The highest BCUT2D eigenvalue weighted by atomic mass is 32.2. The molecule has 0 spiro atoms. The first-order valence-electron chi connectivity index (χ1n) is 7.81. The van der Waals surface area contributed by atoms with Gasteiger partial charge in [-0.3, -0.25) is 14.9 Å². The fourth-order valence-corrected chi connectivity index (χ4v) is 2.66. The number of nitro benzene ring substituents is 1. The van der Waals surface area contributed by atoms with Gasteiger partial charge >= 0.3 is 5.97 Å². The van der Waals surface area contributed by atoms with Gasteiger partial charge in [-0.15, -0.1) is 11.8 Å². The van der Waals surface area contributed by atoms with Crippen LogP contribution in [0, 0.1) is 10.1 Å². The van der Waals surface area contributed by atoms with Crippen molar-refractivity contribution in [1.29, 1.82) is 0 Å². The molecule has 0 radical (unpaired) electrons. The van der Waals surface area contributed by atoms with Gasteiger partial charge in [-0.1, -0.05) is 6.92 Å². The summed E-state index contributed by atoms with van der Waals surface area (Å²) in [5.41, 5.74) is 0.00134. The van der Waals surface area contributed by atoms with Crippen molar-refractivity contribution in [3.63, 3.8) is 0 Å². The van der Waals surface area contributed by atoms with E-state index >= 15 is 0 Å². The van der Waals surface area contributed by atoms with Crippen LogP contribution in [-0.2, 0) is 4.74 Å². The number of ether oxygens (including phenoxy) is 1. The average molecular weight is 375 g/mol. The van der Waals surface area contributed by atoms with Crippen LogP contribution in [0.4, 0.5) is 11.4 Å². The van der Waals surface area contributed by atoms with Crippen molar-refractivity contribution in [1.82, 2.24) is 4.98 Å². The summed E-state index contributed by atoms with van der Waals surface area (Å²) in [6.45, 7) is 3.75. The van der Waals surface area contributed by atoms with Gasteiger partial charge in [0.05, 0.1) is 34.0 Å². The number of carbonyl (C=O) groups excluding carboxylic acids is 2. The highest BCUT2D eigenvalue weighted by molar-refractivity contribution is 7.99. The van der Waals surface area contributed by atoms with Crippen LogP contribution in [0.25, 0.3) is 0 Å². The number of esters is 1. The van der Waals surface area contributed by atoms with Gasteiger partial charge in [-0.25, -0.2) is 9.78 Å². The first-order valence-corrected chi connectivity index (χ1v) is 8.80. The lowest BCUT2D eigenvalue weighted by Crippen LogP contribution is -2.14. The minimum Gasteiger partial charge on any atom is -0.462 e. The molecule has 0 saturated carbocycles. The van der Waals surface area contributed by atoms with Crippen LogP contribution in [0.2, 0.25) is 0 Å². The second-order valence-corrected chi connectivity index (χ2v) is 6.30. The Bertz CT molecular complexity index is 824. The first kappa shape index (κ1) is 19.4. The van der Waals surface area contributed by atoms with Gasteiger partial charge in [0.25, 0.3) is 11.6 Å². The van der Waals surface area contributed by atoms with Crippen molar-refractivity contribution in [2.24, 2.45) is 0 Å². The summed E-state index contributed by atoms with van der Waals surface area (Å²) >= 11 is 1.56. The second-order valence-electron chi connectivity index (χ2n) is 5.02. The third-order valence-corrected chi connectivity index (χ3v) is 4.01. The van der Waals surface area contributed by atoms with Crippen molar-refractivity contribution in [2.75, 3.05) is 17.7 Å². The molecule has 1 aromatic heterocycles. The topological polar surface area (TPSA) is 111 Å². The number of non-ortho nitro benzene ring substituents is 1. The average Bonchev–Trinajstić information content (AvgIpc) is 2.63. The molecule has 0 unspecified atom stereocenters. The molecule has 0 fully saturated rings. The highest BCUT2D eigenvalue weighted by Crippen LogP contribution is 2.20. The number of rotatable bonds is 7. The molecule has 0 atom stereocenters. The Hall–Kier alpha value is -2.94. The standard InChI is InChI=1S/C17H17N3O5S/c1-3-25-17(22)12-7-11(8-14(9-12)20(23)24)16(21)19-13-5-6-15(18-10-13)26-4-2/h5-10H,3-4H2,1-2H3,(H,19,21). The van der Waals surface area contributed by atoms with Gasteiger partial charge < -0.3 is 10.1 Å². The van der Waals surface area contributed by atoms with Crippen LogP contribution in [0.1, 0.15) is 34.6 Å². The van der Waals surface area contributed by atoms with Crippen molar-refractivity contribution < 1.29 is 19.2 Å². The van der Waals surface area contributed by atoms with Gasteiger partial charge in [-0.2, -0.15) is 0 Å². The van der Waals surface area contributed by atoms with Crippen molar-refractivity contribution in [3.8, 4) is 0 Å². The second kappa shape index (κ2) is 8.95. The molecule has 9 heteroatoms. The molecule has 0 aliphatic carbocycles. The maximum atomic E-state index is 12.4. The minimum atomic E-state index is -0.729. The Balaban J connectivity index is 2.26. The summed E-state index contributed by atoms with van der Waals surface area (Å²) < 4.78 is 4.85. The van der Waals surface area contributed by atoms with Gasteiger partial charge in [0.2, 0.25) is 0 Å². The summed E-state index contributed by atoms with van der Waals surface area (Å²) in [4.78, 5) is 38.9. The number of thioether (sulfide) groups is 1. The molecule has 0 aliphatic heterocycles. The zero-order valence-corrected chi connectivity index (χ0v) is 15.0. The van der Waals surface area contributed by atoms with Crippen molar-refractivity contribution >= 4 is 35.0 Å². The maximum absolute atomic E-state index is 12.4. The molecule has 1 aromatic carbocycles. The number of nitrogens with zero attached hydrogens (tertiary/aromatic N) is 2. The molecule has 26 heavy (non-hydrogen) atoms. The molecule has 1 N–H and O–H groups in total. The number of pyridine rings is 1. The molecular formula is C17H17N3O5S. The van der Waals surface area contributed by atoms with E-state index in [1.807, 2.05) is 6.92 Å². The lowest BCUT2D eigenvalue weighted by Gasteiger charge is -2.08. The number of hydrogen-bond acceptors (Lipinski definition) is 7. The van der Waals surface area contributed by atoms with E-state index < -0.39 is 16.8 Å².